The molecule has 18 heavy (non-hydrogen) atoms. The van der Waals surface area contributed by atoms with Crippen molar-refractivity contribution in [2.75, 3.05) is 18.4 Å². The van der Waals surface area contributed by atoms with E-state index in [0.717, 1.165) is 29.9 Å². The third-order valence-corrected chi connectivity index (χ3v) is 3.78. The molecule has 0 spiro atoms. The number of nitrogens with one attached hydrogen (secondary N) is 2. The summed E-state index contributed by atoms with van der Waals surface area (Å²) in [6.07, 6.45) is 0. The minimum Gasteiger partial charge on any atom is -0.325 e. The van der Waals surface area contributed by atoms with Crippen molar-refractivity contribution in [2.24, 2.45) is 11.8 Å². The second-order valence-electron chi connectivity index (χ2n) is 5.50. The Hall–Kier alpha value is -1.35. The molecule has 0 radical (unpaired) electrons. The number of hydrogen-bond donors (Lipinski definition) is 2. The van der Waals surface area contributed by atoms with Gasteiger partial charge in [0.2, 0.25) is 5.91 Å². The van der Waals surface area contributed by atoms with Gasteiger partial charge in [-0.25, -0.2) is 0 Å². The number of rotatable bonds is 2. The average molecular weight is 246 g/mol. The zero-order valence-corrected chi connectivity index (χ0v) is 11.6. The summed E-state index contributed by atoms with van der Waals surface area (Å²) in [5.41, 5.74) is 4.49. The highest BCUT2D eigenvalue weighted by atomic mass is 16.1. The van der Waals surface area contributed by atoms with Crippen molar-refractivity contribution in [1.82, 2.24) is 5.32 Å². The molecule has 1 amide bonds. The van der Waals surface area contributed by atoms with Gasteiger partial charge < -0.3 is 10.6 Å². The minimum absolute atomic E-state index is 0.0881. The first-order chi connectivity index (χ1) is 8.49. The molecule has 1 saturated heterocycles. The molecule has 3 nitrogen and oxygen atoms in total. The van der Waals surface area contributed by atoms with Crippen LogP contribution in [0.15, 0.2) is 12.1 Å². The lowest BCUT2D eigenvalue weighted by Crippen LogP contribution is -2.28. The molecule has 1 aliphatic heterocycles. The van der Waals surface area contributed by atoms with E-state index in [1.54, 1.807) is 0 Å². The third-order valence-electron chi connectivity index (χ3n) is 3.78. The molecular weight excluding hydrogens is 224 g/mol. The van der Waals surface area contributed by atoms with E-state index in [1.165, 1.54) is 5.56 Å². The maximum Gasteiger partial charge on any atom is 0.229 e. The highest BCUT2D eigenvalue weighted by Gasteiger charge is 2.29. The van der Waals surface area contributed by atoms with Crippen molar-refractivity contribution in [3.8, 4) is 0 Å². The van der Waals surface area contributed by atoms with Gasteiger partial charge in [-0.15, -0.1) is 0 Å². The lowest BCUT2D eigenvalue weighted by atomic mass is 9.96. The van der Waals surface area contributed by atoms with E-state index in [-0.39, 0.29) is 11.8 Å². The summed E-state index contributed by atoms with van der Waals surface area (Å²) in [6.45, 7) is 10.0. The van der Waals surface area contributed by atoms with Crippen molar-refractivity contribution in [3.63, 3.8) is 0 Å². The normalized spacial score (nSPS) is 23.1. The molecule has 1 heterocycles. The van der Waals surface area contributed by atoms with Crippen molar-refractivity contribution in [1.29, 1.82) is 0 Å². The van der Waals surface area contributed by atoms with Crippen LogP contribution in [0.3, 0.4) is 0 Å². The molecule has 2 rings (SSSR count). The molecule has 0 aliphatic carbocycles. The molecule has 3 heteroatoms. The number of benzene rings is 1. The van der Waals surface area contributed by atoms with Gasteiger partial charge in [0, 0.05) is 12.2 Å². The maximum absolute atomic E-state index is 12.3. The summed E-state index contributed by atoms with van der Waals surface area (Å²) in [4.78, 5) is 12.3. The van der Waals surface area contributed by atoms with Crippen LogP contribution >= 0.6 is 0 Å². The monoisotopic (exact) mass is 246 g/mol. The predicted molar refractivity (Wildman–Crippen MR) is 74.8 cm³/mol. The van der Waals surface area contributed by atoms with Gasteiger partial charge in [0.25, 0.3) is 0 Å². The smallest absolute Gasteiger partial charge is 0.229 e. The summed E-state index contributed by atoms with van der Waals surface area (Å²) in [5.74, 6) is 0.642. The number of anilines is 1. The van der Waals surface area contributed by atoms with E-state index in [9.17, 15) is 4.79 Å². The van der Waals surface area contributed by atoms with Crippen LogP contribution in [0.2, 0.25) is 0 Å². The summed E-state index contributed by atoms with van der Waals surface area (Å²) < 4.78 is 0. The van der Waals surface area contributed by atoms with Gasteiger partial charge >= 0.3 is 0 Å². The maximum atomic E-state index is 12.3. The molecular formula is C15H22N2O. The fraction of sp³-hybridized carbons (Fsp3) is 0.533. The number of carbonyl (C=O) groups excluding carboxylic acids is 1. The number of hydrogen-bond acceptors (Lipinski definition) is 2. The largest absolute Gasteiger partial charge is 0.325 e. The van der Waals surface area contributed by atoms with Crippen molar-refractivity contribution < 1.29 is 4.79 Å². The Kier molecular flexibility index (Phi) is 3.71. The summed E-state index contributed by atoms with van der Waals surface area (Å²) in [6, 6.07) is 4.22. The fourth-order valence-electron chi connectivity index (χ4n) is 2.75. The first-order valence-electron chi connectivity index (χ1n) is 6.58. The highest BCUT2D eigenvalue weighted by Crippen LogP contribution is 2.24. The highest BCUT2D eigenvalue weighted by molar-refractivity contribution is 5.94. The van der Waals surface area contributed by atoms with Gasteiger partial charge in [0.1, 0.15) is 0 Å². The van der Waals surface area contributed by atoms with E-state index in [1.807, 2.05) is 13.8 Å². The van der Waals surface area contributed by atoms with E-state index in [2.05, 4.69) is 36.6 Å². The Bertz CT molecular complexity index is 445. The van der Waals surface area contributed by atoms with Crippen LogP contribution in [-0.4, -0.2) is 19.0 Å². The molecule has 0 unspecified atom stereocenters. The van der Waals surface area contributed by atoms with E-state index < -0.39 is 0 Å². The topological polar surface area (TPSA) is 41.1 Å². The zero-order valence-electron chi connectivity index (χ0n) is 11.6. The summed E-state index contributed by atoms with van der Waals surface area (Å²) in [7, 11) is 0. The molecule has 2 atom stereocenters. The second-order valence-corrected chi connectivity index (χ2v) is 5.50. The predicted octanol–water partition coefficient (Wildman–Crippen LogP) is 2.41. The Labute approximate surface area is 109 Å². The number of aryl methyl sites for hydroxylation is 3. The molecule has 98 valence electrons. The van der Waals surface area contributed by atoms with Gasteiger partial charge in [-0.2, -0.15) is 0 Å². The van der Waals surface area contributed by atoms with E-state index >= 15 is 0 Å². The molecule has 2 N–H and O–H groups in total. The summed E-state index contributed by atoms with van der Waals surface area (Å²) >= 11 is 0. The van der Waals surface area contributed by atoms with Gasteiger partial charge in [-0.3, -0.25) is 4.79 Å². The first kappa shape index (κ1) is 13.1. The van der Waals surface area contributed by atoms with Gasteiger partial charge in [0.05, 0.1) is 5.92 Å². The fourth-order valence-corrected chi connectivity index (χ4v) is 2.75. The van der Waals surface area contributed by atoms with Gasteiger partial charge in [0.15, 0.2) is 0 Å². The standard InChI is InChI=1S/C15H22N2O/c1-9-5-10(2)14(11(3)6-9)17-15(18)13-8-16-7-12(13)4/h5-6,12-13,16H,7-8H2,1-4H3,(H,17,18)/t12-,13-/m1/s1. The van der Waals surface area contributed by atoms with Crippen molar-refractivity contribution in [2.45, 2.75) is 27.7 Å². The first-order valence-corrected chi connectivity index (χ1v) is 6.58. The molecule has 1 fully saturated rings. The van der Waals surface area contributed by atoms with Crippen LogP contribution in [0.5, 0.6) is 0 Å². The minimum atomic E-state index is 0.0881. The Morgan fingerprint density at radius 2 is 1.83 bits per heavy atom. The Morgan fingerprint density at radius 3 is 2.33 bits per heavy atom. The molecule has 1 aromatic rings. The van der Waals surface area contributed by atoms with Crippen molar-refractivity contribution in [3.05, 3.63) is 28.8 Å². The summed E-state index contributed by atoms with van der Waals surface area (Å²) in [5, 5.41) is 6.37. The second kappa shape index (κ2) is 5.11. The molecule has 0 saturated carbocycles. The van der Waals surface area contributed by atoms with Crippen LogP contribution < -0.4 is 10.6 Å². The number of carbonyl (C=O) groups is 1. The van der Waals surface area contributed by atoms with Crippen LogP contribution in [0.25, 0.3) is 0 Å². The van der Waals surface area contributed by atoms with Gasteiger partial charge in [-0.05, 0) is 44.4 Å². The lowest BCUT2D eigenvalue weighted by molar-refractivity contribution is -0.120. The SMILES string of the molecule is Cc1cc(C)c(NC(=O)[C@@H]2CNC[C@H]2C)c(C)c1. The third kappa shape index (κ3) is 2.56. The molecule has 0 bridgehead atoms. The van der Waals surface area contributed by atoms with Crippen molar-refractivity contribution >= 4 is 11.6 Å². The quantitative estimate of drug-likeness (QED) is 0.841. The van der Waals surface area contributed by atoms with E-state index in [0.29, 0.717) is 5.92 Å². The van der Waals surface area contributed by atoms with Gasteiger partial charge in [-0.1, -0.05) is 24.6 Å². The lowest BCUT2D eigenvalue weighted by Gasteiger charge is -2.17. The van der Waals surface area contributed by atoms with Crippen LogP contribution in [-0.2, 0) is 4.79 Å². The number of amides is 1. The van der Waals surface area contributed by atoms with Crippen LogP contribution in [0.1, 0.15) is 23.6 Å². The Balaban J connectivity index is 2.17. The Morgan fingerprint density at radius 1 is 1.22 bits per heavy atom. The van der Waals surface area contributed by atoms with Crippen LogP contribution in [0.4, 0.5) is 5.69 Å². The average Bonchev–Trinajstić information content (AvgIpc) is 2.69. The van der Waals surface area contributed by atoms with Crippen LogP contribution in [0, 0.1) is 32.6 Å². The molecule has 1 aliphatic rings. The molecule has 0 aromatic heterocycles. The zero-order chi connectivity index (χ0) is 13.3. The molecule has 1 aromatic carbocycles. The van der Waals surface area contributed by atoms with E-state index in [4.69, 9.17) is 0 Å².